The van der Waals surface area contributed by atoms with Crippen LogP contribution < -0.4 is 0 Å². The normalized spacial score (nSPS) is 9.85. The quantitative estimate of drug-likeness (QED) is 0.701. The van der Waals surface area contributed by atoms with Gasteiger partial charge in [-0.3, -0.25) is 0 Å². The van der Waals surface area contributed by atoms with E-state index in [2.05, 4.69) is 20.9 Å². The Labute approximate surface area is 84.0 Å². The number of nitrogens with zero attached hydrogens (tertiary/aromatic N) is 2. The molecule has 0 radical (unpaired) electrons. The van der Waals surface area contributed by atoms with Gasteiger partial charge in [0.2, 0.25) is 0 Å². The third-order valence-electron chi connectivity index (χ3n) is 1.82. The fourth-order valence-electron chi connectivity index (χ4n) is 1.19. The van der Waals surface area contributed by atoms with Crippen molar-refractivity contribution in [1.82, 2.24) is 4.98 Å². The van der Waals surface area contributed by atoms with Crippen LogP contribution in [0.3, 0.4) is 0 Å². The molecule has 1 aromatic carbocycles. The first-order valence-electron chi connectivity index (χ1n) is 3.75. The summed E-state index contributed by atoms with van der Waals surface area (Å²) in [5.74, 6) is 0. The minimum Gasteiger partial charge on any atom is -0.245 e. The smallest absolute Gasteiger partial charge is 0.141 e. The van der Waals surface area contributed by atoms with Crippen molar-refractivity contribution in [3.63, 3.8) is 0 Å². The Hall–Kier alpha value is -1.40. The lowest BCUT2D eigenvalue weighted by Gasteiger charge is -1.98. The van der Waals surface area contributed by atoms with Crippen LogP contribution in [0.1, 0.15) is 5.69 Å². The third kappa shape index (κ3) is 1.41. The molecule has 0 bridgehead atoms. The van der Waals surface area contributed by atoms with Crippen LogP contribution in [-0.2, 0) is 0 Å². The molecule has 0 aliphatic carbocycles. The van der Waals surface area contributed by atoms with Gasteiger partial charge >= 0.3 is 0 Å². The second-order valence-electron chi connectivity index (χ2n) is 2.64. The molecule has 0 aliphatic heterocycles. The van der Waals surface area contributed by atoms with Crippen LogP contribution in [0.5, 0.6) is 0 Å². The predicted octanol–water partition coefficient (Wildman–Crippen LogP) is 2.87. The van der Waals surface area contributed by atoms with E-state index in [9.17, 15) is 0 Å². The Morgan fingerprint density at radius 3 is 3.00 bits per heavy atom. The topological polar surface area (TPSA) is 36.7 Å². The van der Waals surface area contributed by atoms with E-state index in [-0.39, 0.29) is 0 Å². The summed E-state index contributed by atoms with van der Waals surface area (Å²) in [6.07, 6.45) is 1.71. The Morgan fingerprint density at radius 1 is 1.38 bits per heavy atom. The molecule has 13 heavy (non-hydrogen) atoms. The average molecular weight is 233 g/mol. The molecular formula is C10H5BrN2. The Balaban J connectivity index is 2.84. The molecule has 0 fully saturated rings. The average Bonchev–Trinajstić information content (AvgIpc) is 2.18. The van der Waals surface area contributed by atoms with Crippen LogP contribution in [0.4, 0.5) is 0 Å². The molecule has 1 aromatic heterocycles. The molecule has 0 unspecified atom stereocenters. The molecule has 0 saturated heterocycles. The van der Waals surface area contributed by atoms with Gasteiger partial charge in [-0.2, -0.15) is 5.26 Å². The molecule has 2 rings (SSSR count). The van der Waals surface area contributed by atoms with Gasteiger partial charge in [0.05, 0.1) is 0 Å². The zero-order valence-corrected chi connectivity index (χ0v) is 8.25. The monoisotopic (exact) mass is 232 g/mol. The minimum atomic E-state index is 0.444. The summed E-state index contributed by atoms with van der Waals surface area (Å²) in [7, 11) is 0. The van der Waals surface area contributed by atoms with Crippen LogP contribution in [0.25, 0.3) is 10.8 Å². The van der Waals surface area contributed by atoms with E-state index < -0.39 is 0 Å². The predicted molar refractivity (Wildman–Crippen MR) is 54.2 cm³/mol. The van der Waals surface area contributed by atoms with Crippen LogP contribution in [0.15, 0.2) is 34.9 Å². The van der Waals surface area contributed by atoms with E-state index in [0.29, 0.717) is 5.69 Å². The number of fused-ring (bicyclic) bond motifs is 1. The second kappa shape index (κ2) is 3.15. The second-order valence-corrected chi connectivity index (χ2v) is 3.50. The van der Waals surface area contributed by atoms with E-state index in [4.69, 9.17) is 5.26 Å². The standard InChI is InChI=1S/C10H5BrN2/c11-10-3-1-2-7-6-13-8(5-12)4-9(7)10/h1-4,6H. The largest absolute Gasteiger partial charge is 0.245 e. The first-order chi connectivity index (χ1) is 6.31. The van der Waals surface area contributed by atoms with Gasteiger partial charge in [-0.1, -0.05) is 28.1 Å². The highest BCUT2D eigenvalue weighted by Crippen LogP contribution is 2.23. The molecule has 0 spiro atoms. The zero-order chi connectivity index (χ0) is 9.26. The molecule has 1 heterocycles. The van der Waals surface area contributed by atoms with Gasteiger partial charge in [-0.15, -0.1) is 0 Å². The molecule has 2 aromatic rings. The molecule has 0 saturated carbocycles. The number of hydrogen-bond acceptors (Lipinski definition) is 2. The van der Waals surface area contributed by atoms with Crippen LogP contribution in [-0.4, -0.2) is 4.98 Å². The maximum Gasteiger partial charge on any atom is 0.141 e. The summed E-state index contributed by atoms with van der Waals surface area (Å²) in [5, 5.41) is 10.7. The number of pyridine rings is 1. The number of halogens is 1. The maximum atomic E-state index is 8.66. The summed E-state index contributed by atoms with van der Waals surface area (Å²) >= 11 is 3.42. The highest BCUT2D eigenvalue weighted by atomic mass is 79.9. The van der Waals surface area contributed by atoms with Crippen molar-refractivity contribution in [2.45, 2.75) is 0 Å². The van der Waals surface area contributed by atoms with Gasteiger partial charge < -0.3 is 0 Å². The molecular weight excluding hydrogens is 228 g/mol. The Morgan fingerprint density at radius 2 is 2.23 bits per heavy atom. The Kier molecular flexibility index (Phi) is 1.99. The highest BCUT2D eigenvalue weighted by molar-refractivity contribution is 9.10. The Bertz CT molecular complexity index is 500. The van der Waals surface area contributed by atoms with Crippen molar-refractivity contribution in [1.29, 1.82) is 5.26 Å². The molecule has 2 nitrogen and oxygen atoms in total. The molecule has 0 amide bonds. The number of benzene rings is 1. The van der Waals surface area contributed by atoms with Gasteiger partial charge in [0.25, 0.3) is 0 Å². The first-order valence-corrected chi connectivity index (χ1v) is 4.55. The lowest BCUT2D eigenvalue weighted by Crippen LogP contribution is -1.82. The fraction of sp³-hybridized carbons (Fsp3) is 0. The number of rotatable bonds is 0. The van der Waals surface area contributed by atoms with Crippen molar-refractivity contribution >= 4 is 26.7 Å². The van der Waals surface area contributed by atoms with Gasteiger partial charge in [-0.25, -0.2) is 4.98 Å². The van der Waals surface area contributed by atoms with E-state index in [1.807, 2.05) is 24.3 Å². The van der Waals surface area contributed by atoms with Crippen molar-refractivity contribution in [2.75, 3.05) is 0 Å². The molecule has 62 valence electrons. The fourth-order valence-corrected chi connectivity index (χ4v) is 1.69. The zero-order valence-electron chi connectivity index (χ0n) is 6.66. The molecule has 0 atom stereocenters. The van der Waals surface area contributed by atoms with Gasteiger partial charge in [0, 0.05) is 21.4 Å². The lowest BCUT2D eigenvalue weighted by molar-refractivity contribution is 1.29. The van der Waals surface area contributed by atoms with Gasteiger partial charge in [0.15, 0.2) is 0 Å². The van der Waals surface area contributed by atoms with Crippen molar-refractivity contribution in [2.24, 2.45) is 0 Å². The number of aromatic nitrogens is 1. The van der Waals surface area contributed by atoms with Crippen LogP contribution >= 0.6 is 15.9 Å². The molecule has 3 heteroatoms. The first kappa shape index (κ1) is 8.21. The third-order valence-corrected chi connectivity index (χ3v) is 2.52. The van der Waals surface area contributed by atoms with E-state index in [0.717, 1.165) is 15.2 Å². The SMILES string of the molecule is N#Cc1cc2c(Br)cccc2cn1. The van der Waals surface area contributed by atoms with Gasteiger partial charge in [0.1, 0.15) is 11.8 Å². The summed E-state index contributed by atoms with van der Waals surface area (Å²) in [6.45, 7) is 0. The summed E-state index contributed by atoms with van der Waals surface area (Å²) in [6, 6.07) is 9.65. The van der Waals surface area contributed by atoms with E-state index in [1.165, 1.54) is 0 Å². The van der Waals surface area contributed by atoms with Crippen LogP contribution in [0, 0.1) is 11.3 Å². The number of nitriles is 1. The number of hydrogen-bond donors (Lipinski definition) is 0. The van der Waals surface area contributed by atoms with Crippen LogP contribution in [0.2, 0.25) is 0 Å². The minimum absolute atomic E-state index is 0.444. The molecule has 0 aliphatic rings. The van der Waals surface area contributed by atoms with Crippen molar-refractivity contribution in [3.05, 3.63) is 40.6 Å². The summed E-state index contributed by atoms with van der Waals surface area (Å²) in [4.78, 5) is 3.98. The highest BCUT2D eigenvalue weighted by Gasteiger charge is 1.99. The van der Waals surface area contributed by atoms with E-state index >= 15 is 0 Å². The van der Waals surface area contributed by atoms with Gasteiger partial charge in [-0.05, 0) is 12.1 Å². The summed E-state index contributed by atoms with van der Waals surface area (Å²) < 4.78 is 0.990. The van der Waals surface area contributed by atoms with E-state index in [1.54, 1.807) is 12.3 Å². The molecule has 0 N–H and O–H groups in total. The van der Waals surface area contributed by atoms with Crippen molar-refractivity contribution in [3.8, 4) is 6.07 Å². The maximum absolute atomic E-state index is 8.66. The lowest BCUT2D eigenvalue weighted by atomic mass is 10.1. The summed E-state index contributed by atoms with van der Waals surface area (Å²) in [5.41, 5.74) is 0.444. The van der Waals surface area contributed by atoms with Crippen molar-refractivity contribution < 1.29 is 0 Å².